The number of anilines is 1. The number of hydrogen-bond acceptors (Lipinski definition) is 5. The summed E-state index contributed by atoms with van der Waals surface area (Å²) in [6.07, 6.45) is -2.43. The van der Waals surface area contributed by atoms with E-state index in [2.05, 4.69) is 9.88 Å². The highest BCUT2D eigenvalue weighted by molar-refractivity contribution is 5.95. The number of carbonyl (C=O) groups is 1. The average molecular weight is 503 g/mol. The van der Waals surface area contributed by atoms with E-state index in [1.807, 2.05) is 19.0 Å². The number of likely N-dealkylation sites (N-methyl/N-ethyl adjacent to an activating group) is 1. The fraction of sp³-hybridized carbons (Fsp3) is 0.308. The molecular formula is C26H26F4N4O2. The predicted molar refractivity (Wildman–Crippen MR) is 128 cm³/mol. The van der Waals surface area contributed by atoms with E-state index in [1.54, 1.807) is 30.3 Å². The standard InChI is InChI=1S/C26H26F4N4O2/c1-33(2)20-10-11-34(14-20)25(35)17-8-6-16(7-9-17)19-12-22(24(31)32-13-19)36-15-18-4-3-5-21(27)23(18)26(28,29)30/h3-9,12-13,20H,10-11,14-15H2,1-2H3,(H2,31,32). The molecule has 0 bridgehead atoms. The maximum atomic E-state index is 13.8. The Morgan fingerprint density at radius 1 is 1.17 bits per heavy atom. The van der Waals surface area contributed by atoms with E-state index >= 15 is 0 Å². The van der Waals surface area contributed by atoms with Crippen LogP contribution in [-0.4, -0.2) is 53.9 Å². The van der Waals surface area contributed by atoms with Crippen molar-refractivity contribution in [2.75, 3.05) is 32.9 Å². The number of nitrogens with zero attached hydrogens (tertiary/aromatic N) is 3. The molecule has 1 atom stereocenters. The van der Waals surface area contributed by atoms with Gasteiger partial charge in [-0.05, 0) is 50.3 Å². The molecule has 0 aliphatic carbocycles. The number of benzene rings is 2. The summed E-state index contributed by atoms with van der Waals surface area (Å²) >= 11 is 0. The van der Waals surface area contributed by atoms with Crippen molar-refractivity contribution in [3.8, 4) is 16.9 Å². The van der Waals surface area contributed by atoms with Crippen LogP contribution in [0.15, 0.2) is 54.7 Å². The van der Waals surface area contributed by atoms with Gasteiger partial charge in [-0.15, -0.1) is 0 Å². The van der Waals surface area contributed by atoms with Crippen LogP contribution in [0.25, 0.3) is 11.1 Å². The van der Waals surface area contributed by atoms with E-state index in [4.69, 9.17) is 10.5 Å². The molecule has 4 rings (SSSR count). The molecule has 1 aliphatic heterocycles. The van der Waals surface area contributed by atoms with Crippen molar-refractivity contribution in [1.29, 1.82) is 0 Å². The zero-order valence-corrected chi connectivity index (χ0v) is 19.8. The molecule has 1 saturated heterocycles. The van der Waals surface area contributed by atoms with Gasteiger partial charge in [-0.1, -0.05) is 24.3 Å². The third-order valence-electron chi connectivity index (χ3n) is 6.29. The van der Waals surface area contributed by atoms with Crippen LogP contribution in [0, 0.1) is 5.82 Å². The van der Waals surface area contributed by atoms with Gasteiger partial charge in [0.05, 0.1) is 5.56 Å². The molecule has 1 amide bonds. The SMILES string of the molecule is CN(C)C1CCN(C(=O)c2ccc(-c3cnc(N)c(OCc4cccc(F)c4C(F)(F)F)c3)cc2)C1. The number of likely N-dealkylation sites (tertiary alicyclic amines) is 1. The third-order valence-corrected chi connectivity index (χ3v) is 6.29. The Morgan fingerprint density at radius 3 is 2.53 bits per heavy atom. The largest absolute Gasteiger partial charge is 0.485 e. The Labute approximate surface area is 206 Å². The number of aromatic nitrogens is 1. The monoisotopic (exact) mass is 502 g/mol. The Bertz CT molecular complexity index is 1250. The number of nitrogen functional groups attached to an aromatic ring is 1. The maximum absolute atomic E-state index is 13.8. The number of alkyl halides is 3. The van der Waals surface area contributed by atoms with Gasteiger partial charge in [-0.25, -0.2) is 9.37 Å². The summed E-state index contributed by atoms with van der Waals surface area (Å²) in [6, 6.07) is 11.9. The van der Waals surface area contributed by atoms with Crippen molar-refractivity contribution in [3.05, 3.63) is 77.2 Å². The highest BCUT2D eigenvalue weighted by atomic mass is 19.4. The van der Waals surface area contributed by atoms with Gasteiger partial charge in [0.2, 0.25) is 0 Å². The minimum Gasteiger partial charge on any atom is -0.485 e. The fourth-order valence-electron chi connectivity index (χ4n) is 4.23. The van der Waals surface area contributed by atoms with Crippen LogP contribution in [0.1, 0.15) is 27.9 Å². The second-order valence-electron chi connectivity index (χ2n) is 8.90. The Hall–Kier alpha value is -3.66. The summed E-state index contributed by atoms with van der Waals surface area (Å²) in [4.78, 5) is 20.9. The number of carbonyl (C=O) groups excluding carboxylic acids is 1. The molecule has 6 nitrogen and oxygen atoms in total. The van der Waals surface area contributed by atoms with E-state index in [-0.39, 0.29) is 23.0 Å². The summed E-state index contributed by atoms with van der Waals surface area (Å²) in [5.41, 5.74) is 6.02. The smallest absolute Gasteiger partial charge is 0.419 e. The van der Waals surface area contributed by atoms with Crippen LogP contribution in [-0.2, 0) is 12.8 Å². The lowest BCUT2D eigenvalue weighted by molar-refractivity contribution is -0.141. The average Bonchev–Trinajstić information content (AvgIpc) is 3.33. The van der Waals surface area contributed by atoms with Crippen molar-refractivity contribution in [1.82, 2.24) is 14.8 Å². The molecule has 10 heteroatoms. The first-order valence-corrected chi connectivity index (χ1v) is 11.3. The van der Waals surface area contributed by atoms with Crippen LogP contribution in [0.2, 0.25) is 0 Å². The van der Waals surface area contributed by atoms with Crippen LogP contribution < -0.4 is 10.5 Å². The Kier molecular flexibility index (Phi) is 7.16. The first-order chi connectivity index (χ1) is 17.0. The van der Waals surface area contributed by atoms with Crippen molar-refractivity contribution in [2.24, 2.45) is 0 Å². The Morgan fingerprint density at radius 2 is 1.89 bits per heavy atom. The molecule has 2 aromatic carbocycles. The molecular weight excluding hydrogens is 476 g/mol. The van der Waals surface area contributed by atoms with Crippen LogP contribution in [0.4, 0.5) is 23.4 Å². The maximum Gasteiger partial charge on any atom is 0.419 e. The lowest BCUT2D eigenvalue weighted by Crippen LogP contribution is -2.34. The number of hydrogen-bond donors (Lipinski definition) is 1. The molecule has 1 fully saturated rings. The number of rotatable bonds is 6. The number of nitrogens with two attached hydrogens (primary N) is 1. The lowest BCUT2D eigenvalue weighted by Gasteiger charge is -2.20. The van der Waals surface area contributed by atoms with E-state index in [0.29, 0.717) is 30.3 Å². The number of amides is 1. The van der Waals surface area contributed by atoms with Crippen LogP contribution in [0.5, 0.6) is 5.75 Å². The number of halogens is 4. The van der Waals surface area contributed by atoms with Gasteiger partial charge >= 0.3 is 6.18 Å². The van der Waals surface area contributed by atoms with Gasteiger partial charge < -0.3 is 20.3 Å². The third kappa shape index (κ3) is 5.43. The molecule has 0 saturated carbocycles. The molecule has 2 N–H and O–H groups in total. The summed E-state index contributed by atoms with van der Waals surface area (Å²) in [5.74, 6) is -1.36. The quantitative estimate of drug-likeness (QED) is 0.489. The topological polar surface area (TPSA) is 71.7 Å². The summed E-state index contributed by atoms with van der Waals surface area (Å²) in [5, 5.41) is 0. The minimum absolute atomic E-state index is 0.0139. The highest BCUT2D eigenvalue weighted by Gasteiger charge is 2.36. The summed E-state index contributed by atoms with van der Waals surface area (Å²) < 4.78 is 59.2. The zero-order valence-electron chi connectivity index (χ0n) is 19.8. The Balaban J connectivity index is 1.49. The first-order valence-electron chi connectivity index (χ1n) is 11.3. The van der Waals surface area contributed by atoms with E-state index in [1.165, 1.54) is 12.3 Å². The summed E-state index contributed by atoms with van der Waals surface area (Å²) in [6.45, 7) is 0.837. The highest BCUT2D eigenvalue weighted by Crippen LogP contribution is 2.35. The number of pyridine rings is 1. The molecule has 1 aliphatic rings. The van der Waals surface area contributed by atoms with Crippen molar-refractivity contribution in [2.45, 2.75) is 25.2 Å². The van der Waals surface area contributed by atoms with Crippen molar-refractivity contribution >= 4 is 11.7 Å². The number of ether oxygens (including phenoxy) is 1. The molecule has 1 unspecified atom stereocenters. The summed E-state index contributed by atoms with van der Waals surface area (Å²) in [7, 11) is 4.00. The molecule has 190 valence electrons. The van der Waals surface area contributed by atoms with Gasteiger partial charge in [0, 0.05) is 42.0 Å². The van der Waals surface area contributed by atoms with Gasteiger partial charge in [0.1, 0.15) is 12.4 Å². The van der Waals surface area contributed by atoms with E-state index in [0.717, 1.165) is 24.1 Å². The molecule has 2 heterocycles. The lowest BCUT2D eigenvalue weighted by atomic mass is 10.0. The second-order valence-corrected chi connectivity index (χ2v) is 8.90. The van der Waals surface area contributed by atoms with E-state index < -0.39 is 24.2 Å². The molecule has 36 heavy (non-hydrogen) atoms. The van der Waals surface area contributed by atoms with Gasteiger partial charge in [0.15, 0.2) is 11.6 Å². The molecule has 0 radical (unpaired) electrons. The predicted octanol–water partition coefficient (Wildman–Crippen LogP) is 4.84. The van der Waals surface area contributed by atoms with Crippen molar-refractivity contribution < 1.29 is 27.1 Å². The normalized spacial score (nSPS) is 16.0. The van der Waals surface area contributed by atoms with Gasteiger partial charge in [-0.3, -0.25) is 4.79 Å². The van der Waals surface area contributed by atoms with Crippen molar-refractivity contribution in [3.63, 3.8) is 0 Å². The van der Waals surface area contributed by atoms with Gasteiger partial charge in [-0.2, -0.15) is 13.2 Å². The molecule has 0 spiro atoms. The minimum atomic E-state index is -4.86. The molecule has 1 aromatic heterocycles. The first kappa shape index (κ1) is 25.4. The second kappa shape index (κ2) is 10.1. The van der Waals surface area contributed by atoms with Crippen LogP contribution >= 0.6 is 0 Å². The van der Waals surface area contributed by atoms with Crippen LogP contribution in [0.3, 0.4) is 0 Å². The zero-order chi connectivity index (χ0) is 26.0. The molecule has 3 aromatic rings. The fourth-order valence-corrected chi connectivity index (χ4v) is 4.23. The van der Waals surface area contributed by atoms with Gasteiger partial charge in [0.25, 0.3) is 5.91 Å². The van der Waals surface area contributed by atoms with E-state index in [9.17, 15) is 22.4 Å².